The molecule has 1 aromatic carbocycles. The minimum Gasteiger partial charge on any atom is -0.299 e. The van der Waals surface area contributed by atoms with Crippen molar-refractivity contribution in [3.8, 4) is 0 Å². The lowest BCUT2D eigenvalue weighted by molar-refractivity contribution is -0.118. The SMILES string of the molecule is O=C(CCCCl)Cc1cccc(F)c1Cl. The molecule has 0 saturated heterocycles. The summed E-state index contributed by atoms with van der Waals surface area (Å²) in [7, 11) is 0. The summed E-state index contributed by atoms with van der Waals surface area (Å²) in [6, 6.07) is 4.48. The molecule has 0 atom stereocenters. The van der Waals surface area contributed by atoms with E-state index in [1.807, 2.05) is 0 Å². The second kappa shape index (κ2) is 6.09. The zero-order valence-electron chi connectivity index (χ0n) is 8.10. The molecule has 0 N–H and O–H groups in total. The third-order valence-electron chi connectivity index (χ3n) is 2.01. The molecular formula is C11H11Cl2FO. The monoisotopic (exact) mass is 248 g/mol. The highest BCUT2D eigenvalue weighted by molar-refractivity contribution is 6.31. The number of alkyl halides is 1. The predicted octanol–water partition coefficient (Wildman–Crippen LogP) is 3.61. The van der Waals surface area contributed by atoms with Crippen LogP contribution in [0.25, 0.3) is 0 Å². The number of rotatable bonds is 5. The van der Waals surface area contributed by atoms with Crippen molar-refractivity contribution in [3.05, 3.63) is 34.6 Å². The van der Waals surface area contributed by atoms with Crippen LogP contribution in [0.2, 0.25) is 5.02 Å². The van der Waals surface area contributed by atoms with Gasteiger partial charge in [-0.15, -0.1) is 11.6 Å². The molecule has 0 aromatic heterocycles. The molecular weight excluding hydrogens is 238 g/mol. The Bertz CT molecular complexity index is 352. The Hall–Kier alpha value is -0.600. The first-order valence-corrected chi connectivity index (χ1v) is 5.57. The average Bonchev–Trinajstić information content (AvgIpc) is 2.22. The molecule has 1 rings (SSSR count). The lowest BCUT2D eigenvalue weighted by Gasteiger charge is -2.03. The number of benzene rings is 1. The quantitative estimate of drug-likeness (QED) is 0.728. The van der Waals surface area contributed by atoms with E-state index in [0.29, 0.717) is 24.3 Å². The summed E-state index contributed by atoms with van der Waals surface area (Å²) in [5.74, 6) is 0.00488. The van der Waals surface area contributed by atoms with Crippen molar-refractivity contribution in [2.75, 3.05) is 5.88 Å². The maximum atomic E-state index is 13.0. The van der Waals surface area contributed by atoms with E-state index in [4.69, 9.17) is 23.2 Å². The summed E-state index contributed by atoms with van der Waals surface area (Å²) in [6.45, 7) is 0. The number of carbonyl (C=O) groups excluding carboxylic acids is 1. The van der Waals surface area contributed by atoms with Gasteiger partial charge in [-0.2, -0.15) is 0 Å². The number of Topliss-reactive ketones (excluding diaryl/α,β-unsaturated/α-hetero) is 1. The molecule has 0 unspecified atom stereocenters. The summed E-state index contributed by atoms with van der Waals surface area (Å²) >= 11 is 11.2. The molecule has 0 amide bonds. The summed E-state index contributed by atoms with van der Waals surface area (Å²) in [5, 5.41) is 0.0386. The fraction of sp³-hybridized carbons (Fsp3) is 0.364. The van der Waals surface area contributed by atoms with Gasteiger partial charge >= 0.3 is 0 Å². The van der Waals surface area contributed by atoms with Gasteiger partial charge < -0.3 is 0 Å². The summed E-state index contributed by atoms with van der Waals surface area (Å²) in [6.07, 6.45) is 1.23. The Morgan fingerprint density at radius 2 is 2.13 bits per heavy atom. The van der Waals surface area contributed by atoms with Gasteiger partial charge in [0.2, 0.25) is 0 Å². The maximum absolute atomic E-state index is 13.0. The third-order valence-corrected chi connectivity index (χ3v) is 2.70. The van der Waals surface area contributed by atoms with Crippen LogP contribution in [0.4, 0.5) is 4.39 Å². The van der Waals surface area contributed by atoms with Crippen molar-refractivity contribution in [1.82, 2.24) is 0 Å². The molecule has 1 nitrogen and oxygen atoms in total. The summed E-state index contributed by atoms with van der Waals surface area (Å²) in [4.78, 5) is 11.4. The predicted molar refractivity (Wildman–Crippen MR) is 60.1 cm³/mol. The Kier molecular flexibility index (Phi) is 5.06. The van der Waals surface area contributed by atoms with Crippen LogP contribution in [-0.4, -0.2) is 11.7 Å². The van der Waals surface area contributed by atoms with Crippen molar-refractivity contribution in [1.29, 1.82) is 0 Å². The van der Waals surface area contributed by atoms with Gasteiger partial charge in [-0.25, -0.2) is 4.39 Å². The lowest BCUT2D eigenvalue weighted by atomic mass is 10.1. The van der Waals surface area contributed by atoms with Gasteiger partial charge in [0.25, 0.3) is 0 Å². The smallest absolute Gasteiger partial charge is 0.142 e. The zero-order valence-corrected chi connectivity index (χ0v) is 9.61. The van der Waals surface area contributed by atoms with Crippen LogP contribution in [0.15, 0.2) is 18.2 Å². The zero-order chi connectivity index (χ0) is 11.3. The van der Waals surface area contributed by atoms with Crippen LogP contribution in [0.1, 0.15) is 18.4 Å². The van der Waals surface area contributed by atoms with Crippen LogP contribution in [0.3, 0.4) is 0 Å². The second-order valence-electron chi connectivity index (χ2n) is 3.22. The Morgan fingerprint density at radius 1 is 1.40 bits per heavy atom. The van der Waals surface area contributed by atoms with E-state index in [2.05, 4.69) is 0 Å². The first-order valence-electron chi connectivity index (χ1n) is 4.65. The minimum absolute atomic E-state index is 0.0307. The first kappa shape index (κ1) is 12.5. The van der Waals surface area contributed by atoms with E-state index in [1.54, 1.807) is 12.1 Å². The average molecular weight is 249 g/mol. The highest BCUT2D eigenvalue weighted by Crippen LogP contribution is 2.20. The molecule has 1 aromatic rings. The van der Waals surface area contributed by atoms with Crippen molar-refractivity contribution in [2.45, 2.75) is 19.3 Å². The first-order chi connectivity index (χ1) is 7.15. The molecule has 4 heteroatoms. The molecule has 0 fully saturated rings. The molecule has 0 aliphatic heterocycles. The largest absolute Gasteiger partial charge is 0.299 e. The molecule has 0 bridgehead atoms. The van der Waals surface area contributed by atoms with Gasteiger partial charge in [-0.1, -0.05) is 23.7 Å². The van der Waals surface area contributed by atoms with Gasteiger partial charge in [-0.05, 0) is 18.1 Å². The van der Waals surface area contributed by atoms with Crippen LogP contribution in [-0.2, 0) is 11.2 Å². The Labute approximate surface area is 98.2 Å². The molecule has 0 heterocycles. The lowest BCUT2D eigenvalue weighted by Crippen LogP contribution is -2.03. The van der Waals surface area contributed by atoms with E-state index in [0.717, 1.165) is 0 Å². The van der Waals surface area contributed by atoms with Crippen LogP contribution in [0.5, 0.6) is 0 Å². The highest BCUT2D eigenvalue weighted by atomic mass is 35.5. The Morgan fingerprint density at radius 3 is 2.80 bits per heavy atom. The molecule has 0 aliphatic rings. The van der Waals surface area contributed by atoms with Gasteiger partial charge in [-0.3, -0.25) is 4.79 Å². The topological polar surface area (TPSA) is 17.1 Å². The fourth-order valence-corrected chi connectivity index (χ4v) is 1.58. The number of hydrogen-bond acceptors (Lipinski definition) is 1. The minimum atomic E-state index is -0.487. The maximum Gasteiger partial charge on any atom is 0.142 e. The highest BCUT2D eigenvalue weighted by Gasteiger charge is 2.09. The molecule has 0 radical (unpaired) electrons. The van der Waals surface area contributed by atoms with E-state index < -0.39 is 5.82 Å². The van der Waals surface area contributed by atoms with Crippen molar-refractivity contribution >= 4 is 29.0 Å². The van der Waals surface area contributed by atoms with E-state index in [1.165, 1.54) is 6.07 Å². The standard InChI is InChI=1S/C11H11Cl2FO/c12-6-2-4-9(15)7-8-3-1-5-10(14)11(8)13/h1,3,5H,2,4,6-7H2. The van der Waals surface area contributed by atoms with Crippen molar-refractivity contribution < 1.29 is 9.18 Å². The summed E-state index contributed by atoms with van der Waals surface area (Å²) < 4.78 is 13.0. The molecule has 15 heavy (non-hydrogen) atoms. The van der Waals surface area contributed by atoms with E-state index >= 15 is 0 Å². The fourth-order valence-electron chi connectivity index (χ4n) is 1.25. The molecule has 0 spiro atoms. The van der Waals surface area contributed by atoms with Gasteiger partial charge in [0, 0.05) is 18.7 Å². The van der Waals surface area contributed by atoms with Gasteiger partial charge in [0.15, 0.2) is 0 Å². The second-order valence-corrected chi connectivity index (χ2v) is 3.98. The van der Waals surface area contributed by atoms with E-state index in [9.17, 15) is 9.18 Å². The number of halogens is 3. The number of carbonyl (C=O) groups is 1. The van der Waals surface area contributed by atoms with Crippen LogP contribution >= 0.6 is 23.2 Å². The van der Waals surface area contributed by atoms with Crippen molar-refractivity contribution in [3.63, 3.8) is 0 Å². The normalized spacial score (nSPS) is 10.3. The van der Waals surface area contributed by atoms with Crippen LogP contribution < -0.4 is 0 Å². The van der Waals surface area contributed by atoms with E-state index in [-0.39, 0.29) is 17.2 Å². The Balaban J connectivity index is 2.64. The number of hydrogen-bond donors (Lipinski definition) is 0. The number of ketones is 1. The van der Waals surface area contributed by atoms with Crippen molar-refractivity contribution in [2.24, 2.45) is 0 Å². The van der Waals surface area contributed by atoms with Gasteiger partial charge in [0.1, 0.15) is 11.6 Å². The molecule has 0 saturated carbocycles. The van der Waals surface area contributed by atoms with Gasteiger partial charge in [0.05, 0.1) is 5.02 Å². The molecule has 82 valence electrons. The van der Waals surface area contributed by atoms with Crippen LogP contribution in [0, 0.1) is 5.82 Å². The third kappa shape index (κ3) is 3.80. The summed E-state index contributed by atoms with van der Waals surface area (Å²) in [5.41, 5.74) is 0.538. The molecule has 0 aliphatic carbocycles.